The van der Waals surface area contributed by atoms with E-state index in [4.69, 9.17) is 22.1 Å². The van der Waals surface area contributed by atoms with Crippen LogP contribution in [-0.2, 0) is 11.3 Å². The topological polar surface area (TPSA) is 70.1 Å². The van der Waals surface area contributed by atoms with E-state index in [1.165, 1.54) is 6.20 Å². The molecule has 1 fully saturated rings. The predicted octanol–water partition coefficient (Wildman–Crippen LogP) is 2.13. The van der Waals surface area contributed by atoms with Crippen LogP contribution in [0.15, 0.2) is 6.20 Å². The van der Waals surface area contributed by atoms with Gasteiger partial charge in [-0.15, -0.1) is 0 Å². The summed E-state index contributed by atoms with van der Waals surface area (Å²) in [7, 11) is 1.63. The van der Waals surface area contributed by atoms with Gasteiger partial charge in [-0.1, -0.05) is 11.6 Å². The van der Waals surface area contributed by atoms with E-state index in [1.807, 2.05) is 0 Å². The summed E-state index contributed by atoms with van der Waals surface area (Å²) in [5.74, 6) is 0.722. The lowest BCUT2D eigenvalue weighted by Crippen LogP contribution is -2.27. The molecule has 0 saturated heterocycles. The zero-order valence-electron chi connectivity index (χ0n) is 11.8. The van der Waals surface area contributed by atoms with Gasteiger partial charge in [0.1, 0.15) is 5.69 Å². The van der Waals surface area contributed by atoms with Gasteiger partial charge in [-0.05, 0) is 38.1 Å². The molecule has 2 N–H and O–H groups in total. The third kappa shape index (κ3) is 3.40. The second-order valence-corrected chi connectivity index (χ2v) is 5.78. The smallest absolute Gasteiger partial charge is 0.185 e. The minimum absolute atomic E-state index is 0.0493. The number of ether oxygens (including phenoxy) is 1. The van der Waals surface area contributed by atoms with E-state index in [0.717, 1.165) is 25.7 Å². The van der Waals surface area contributed by atoms with Gasteiger partial charge in [0.05, 0.1) is 24.4 Å². The molecule has 0 radical (unpaired) electrons. The van der Waals surface area contributed by atoms with E-state index in [0.29, 0.717) is 36.3 Å². The highest BCUT2D eigenvalue weighted by Gasteiger charge is 2.29. The van der Waals surface area contributed by atoms with Crippen molar-refractivity contribution in [1.82, 2.24) is 9.78 Å². The number of nitrogens with two attached hydrogens (primary N) is 1. The molecule has 1 aliphatic rings. The standard InChI is InChI=1S/C14H22ClN3O2/c1-20-7-6-18-13(12(15)9-17-18)14(19)11-4-2-10(8-16)3-5-11/h9-11H,2-8,16H2,1H3. The number of ketones is 1. The molecule has 2 rings (SSSR count). The van der Waals surface area contributed by atoms with Crippen LogP contribution in [0.4, 0.5) is 0 Å². The van der Waals surface area contributed by atoms with Crippen molar-refractivity contribution in [2.45, 2.75) is 32.2 Å². The fourth-order valence-electron chi connectivity index (χ4n) is 2.81. The van der Waals surface area contributed by atoms with Gasteiger partial charge in [0.15, 0.2) is 5.78 Å². The summed E-state index contributed by atoms with van der Waals surface area (Å²) >= 11 is 6.13. The summed E-state index contributed by atoms with van der Waals surface area (Å²) in [5.41, 5.74) is 6.22. The Balaban J connectivity index is 2.07. The van der Waals surface area contributed by atoms with Gasteiger partial charge < -0.3 is 10.5 Å². The molecule has 0 spiro atoms. The third-order valence-corrected chi connectivity index (χ3v) is 4.36. The van der Waals surface area contributed by atoms with Crippen LogP contribution in [0.1, 0.15) is 36.2 Å². The Labute approximate surface area is 124 Å². The van der Waals surface area contributed by atoms with Crippen LogP contribution in [0.25, 0.3) is 0 Å². The summed E-state index contributed by atoms with van der Waals surface area (Å²) in [4.78, 5) is 12.6. The van der Waals surface area contributed by atoms with Crippen LogP contribution in [0.3, 0.4) is 0 Å². The Morgan fingerprint density at radius 2 is 2.20 bits per heavy atom. The molecule has 0 aromatic carbocycles. The summed E-state index contributed by atoms with van der Waals surface area (Å²) < 4.78 is 6.69. The van der Waals surface area contributed by atoms with Gasteiger partial charge in [0.2, 0.25) is 0 Å². The second kappa shape index (κ2) is 7.20. The first kappa shape index (κ1) is 15.5. The number of carbonyl (C=O) groups is 1. The highest BCUT2D eigenvalue weighted by atomic mass is 35.5. The molecule has 1 heterocycles. The predicted molar refractivity (Wildman–Crippen MR) is 77.9 cm³/mol. The number of hydrogen-bond acceptors (Lipinski definition) is 4. The lowest BCUT2D eigenvalue weighted by atomic mass is 9.79. The average Bonchev–Trinajstić information content (AvgIpc) is 2.85. The first-order valence-corrected chi connectivity index (χ1v) is 7.49. The summed E-state index contributed by atoms with van der Waals surface area (Å²) in [6.45, 7) is 1.77. The van der Waals surface area contributed by atoms with Gasteiger partial charge in [-0.2, -0.15) is 5.10 Å². The lowest BCUT2D eigenvalue weighted by Gasteiger charge is -2.26. The SMILES string of the molecule is COCCn1ncc(Cl)c1C(=O)C1CCC(CN)CC1. The zero-order chi connectivity index (χ0) is 14.5. The minimum atomic E-state index is 0.0493. The van der Waals surface area contributed by atoms with Crippen LogP contribution in [0.5, 0.6) is 0 Å². The van der Waals surface area contributed by atoms with E-state index >= 15 is 0 Å². The highest BCUT2D eigenvalue weighted by molar-refractivity contribution is 6.33. The van der Waals surface area contributed by atoms with Crippen LogP contribution in [-0.4, -0.2) is 35.8 Å². The number of aromatic nitrogens is 2. The summed E-state index contributed by atoms with van der Waals surface area (Å²) in [5, 5.41) is 4.60. The Bertz CT molecular complexity index is 453. The molecule has 6 heteroatoms. The molecule has 1 aliphatic carbocycles. The molecule has 0 bridgehead atoms. The van der Waals surface area contributed by atoms with Crippen molar-refractivity contribution in [2.75, 3.05) is 20.3 Å². The van der Waals surface area contributed by atoms with Crippen molar-refractivity contribution in [1.29, 1.82) is 0 Å². The first-order chi connectivity index (χ1) is 9.67. The molecule has 0 atom stereocenters. The Morgan fingerprint density at radius 3 is 2.80 bits per heavy atom. The molecule has 1 aromatic rings. The van der Waals surface area contributed by atoms with Crippen molar-refractivity contribution in [3.63, 3.8) is 0 Å². The fraction of sp³-hybridized carbons (Fsp3) is 0.714. The highest BCUT2D eigenvalue weighted by Crippen LogP contribution is 2.32. The minimum Gasteiger partial charge on any atom is -0.383 e. The van der Waals surface area contributed by atoms with Crippen molar-refractivity contribution < 1.29 is 9.53 Å². The molecule has 5 nitrogen and oxygen atoms in total. The van der Waals surface area contributed by atoms with E-state index in [2.05, 4.69) is 5.10 Å². The van der Waals surface area contributed by atoms with Crippen LogP contribution < -0.4 is 5.73 Å². The number of Topliss-reactive ketones (excluding diaryl/α,β-unsaturated/α-hetero) is 1. The molecule has 0 amide bonds. The number of carbonyl (C=O) groups excluding carboxylic acids is 1. The van der Waals surface area contributed by atoms with E-state index in [9.17, 15) is 4.79 Å². The fourth-order valence-corrected chi connectivity index (χ4v) is 3.04. The lowest BCUT2D eigenvalue weighted by molar-refractivity contribution is 0.0859. The molecule has 20 heavy (non-hydrogen) atoms. The van der Waals surface area contributed by atoms with Gasteiger partial charge in [0.25, 0.3) is 0 Å². The van der Waals surface area contributed by atoms with Gasteiger partial charge in [-0.25, -0.2) is 0 Å². The monoisotopic (exact) mass is 299 g/mol. The maximum absolute atomic E-state index is 12.6. The number of rotatable bonds is 6. The van der Waals surface area contributed by atoms with Gasteiger partial charge in [-0.3, -0.25) is 9.48 Å². The molecule has 112 valence electrons. The quantitative estimate of drug-likeness (QED) is 0.817. The van der Waals surface area contributed by atoms with Crippen molar-refractivity contribution >= 4 is 17.4 Å². The summed E-state index contributed by atoms with van der Waals surface area (Å²) in [6.07, 6.45) is 5.38. The molecule has 0 aliphatic heterocycles. The Kier molecular flexibility index (Phi) is 5.57. The normalized spacial score (nSPS) is 22.9. The average molecular weight is 300 g/mol. The number of hydrogen-bond donors (Lipinski definition) is 1. The Morgan fingerprint density at radius 1 is 1.50 bits per heavy atom. The van der Waals surface area contributed by atoms with Crippen LogP contribution in [0.2, 0.25) is 5.02 Å². The number of halogens is 1. The van der Waals surface area contributed by atoms with Crippen LogP contribution in [0, 0.1) is 11.8 Å². The van der Waals surface area contributed by atoms with Gasteiger partial charge in [0, 0.05) is 13.0 Å². The second-order valence-electron chi connectivity index (χ2n) is 5.37. The maximum Gasteiger partial charge on any atom is 0.185 e. The maximum atomic E-state index is 12.6. The molecular formula is C14H22ClN3O2. The molecule has 1 aromatic heterocycles. The van der Waals surface area contributed by atoms with Crippen molar-refractivity contribution in [3.8, 4) is 0 Å². The van der Waals surface area contributed by atoms with Crippen molar-refractivity contribution in [3.05, 3.63) is 16.9 Å². The van der Waals surface area contributed by atoms with Crippen molar-refractivity contribution in [2.24, 2.45) is 17.6 Å². The summed E-state index contributed by atoms with van der Waals surface area (Å²) in [6, 6.07) is 0. The number of methoxy groups -OCH3 is 1. The van der Waals surface area contributed by atoms with Crippen LogP contribution >= 0.6 is 11.6 Å². The first-order valence-electron chi connectivity index (χ1n) is 7.11. The van der Waals surface area contributed by atoms with E-state index < -0.39 is 0 Å². The largest absolute Gasteiger partial charge is 0.383 e. The van der Waals surface area contributed by atoms with Gasteiger partial charge >= 0.3 is 0 Å². The molecule has 1 saturated carbocycles. The van der Waals surface area contributed by atoms with E-state index in [1.54, 1.807) is 11.8 Å². The van der Waals surface area contributed by atoms with E-state index in [-0.39, 0.29) is 11.7 Å². The number of nitrogens with zero attached hydrogens (tertiary/aromatic N) is 2. The third-order valence-electron chi connectivity index (χ3n) is 4.09. The molecular weight excluding hydrogens is 278 g/mol. The Hall–Kier alpha value is -0.910. The molecule has 0 unspecified atom stereocenters. The zero-order valence-corrected chi connectivity index (χ0v) is 12.6.